The van der Waals surface area contributed by atoms with E-state index in [1.165, 1.54) is 12.1 Å². The summed E-state index contributed by atoms with van der Waals surface area (Å²) >= 11 is 5.92. The Labute approximate surface area is 193 Å². The SMILES string of the molecule is COC(=O)c1nc(S(=O)(=O)NC(c2n[nH]c(=O)o2)C(C)c2c(F)ccc(C)c2C)ccc1Cl. The van der Waals surface area contributed by atoms with Crippen molar-refractivity contribution in [2.75, 3.05) is 7.11 Å². The number of aryl methyl sites for hydroxylation is 1. The molecule has 0 bridgehead atoms. The van der Waals surface area contributed by atoms with Crippen molar-refractivity contribution >= 4 is 27.6 Å². The van der Waals surface area contributed by atoms with E-state index in [4.69, 9.17) is 16.0 Å². The fourth-order valence-corrected chi connectivity index (χ4v) is 4.71. The van der Waals surface area contributed by atoms with E-state index in [1.807, 2.05) is 0 Å². The Bertz CT molecular complexity index is 1370. The molecule has 1 aromatic carbocycles. The third kappa shape index (κ3) is 4.97. The number of pyridine rings is 1. The number of rotatable bonds is 7. The summed E-state index contributed by atoms with van der Waals surface area (Å²) in [5, 5.41) is 5.13. The minimum Gasteiger partial charge on any atom is -0.464 e. The molecule has 0 amide bonds. The number of esters is 1. The number of carbonyl (C=O) groups is 1. The Balaban J connectivity index is 2.10. The highest BCUT2D eigenvalue weighted by Gasteiger charge is 2.34. The van der Waals surface area contributed by atoms with Crippen LogP contribution in [0.15, 0.2) is 38.5 Å². The molecule has 0 aliphatic carbocycles. The van der Waals surface area contributed by atoms with Crippen LogP contribution in [0.3, 0.4) is 0 Å². The number of benzene rings is 1. The minimum atomic E-state index is -4.43. The second-order valence-electron chi connectivity index (χ2n) is 7.21. The molecule has 0 saturated carbocycles. The number of aromatic nitrogens is 3. The monoisotopic (exact) mass is 498 g/mol. The Morgan fingerprint density at radius 1 is 1.27 bits per heavy atom. The molecule has 176 valence electrons. The molecule has 13 heteroatoms. The van der Waals surface area contributed by atoms with Crippen molar-refractivity contribution in [1.82, 2.24) is 19.9 Å². The molecule has 0 fully saturated rings. The van der Waals surface area contributed by atoms with E-state index in [9.17, 15) is 22.4 Å². The topological polar surface area (TPSA) is 144 Å². The predicted molar refractivity (Wildman–Crippen MR) is 115 cm³/mol. The molecule has 3 rings (SSSR count). The average molecular weight is 499 g/mol. The summed E-state index contributed by atoms with van der Waals surface area (Å²) < 4.78 is 53.0. The summed E-state index contributed by atoms with van der Waals surface area (Å²) in [5.74, 6) is -3.58. The van der Waals surface area contributed by atoms with Gasteiger partial charge in [-0.05, 0) is 48.7 Å². The fourth-order valence-electron chi connectivity index (χ4n) is 3.31. The average Bonchev–Trinajstić information content (AvgIpc) is 3.20. The highest BCUT2D eigenvalue weighted by atomic mass is 35.5. The normalized spacial score (nSPS) is 13.5. The molecule has 3 aromatic rings. The maximum Gasteiger partial charge on any atom is 0.434 e. The minimum absolute atomic E-state index is 0.110. The summed E-state index contributed by atoms with van der Waals surface area (Å²) in [6.45, 7) is 5.03. The van der Waals surface area contributed by atoms with Gasteiger partial charge in [0, 0.05) is 5.92 Å². The van der Waals surface area contributed by atoms with E-state index in [0.717, 1.165) is 18.7 Å². The summed E-state index contributed by atoms with van der Waals surface area (Å²) in [6, 6.07) is 3.82. The van der Waals surface area contributed by atoms with Crippen LogP contribution in [0.5, 0.6) is 0 Å². The van der Waals surface area contributed by atoms with Gasteiger partial charge in [0.2, 0.25) is 5.89 Å². The Kier molecular flexibility index (Phi) is 7.00. The number of methoxy groups -OCH3 is 1. The van der Waals surface area contributed by atoms with Crippen LogP contribution in [0.2, 0.25) is 5.02 Å². The van der Waals surface area contributed by atoms with Gasteiger partial charge in [0.1, 0.15) is 11.9 Å². The van der Waals surface area contributed by atoms with Crippen LogP contribution in [-0.2, 0) is 14.8 Å². The van der Waals surface area contributed by atoms with E-state index in [1.54, 1.807) is 26.8 Å². The molecule has 0 saturated heterocycles. The standard InChI is InChI=1S/C20H20ClFN4O6S/c1-9-5-7-13(22)15(10(9)2)11(3)16(18-24-25-20(28)32-18)26-33(29,30)14-8-6-12(21)17(23-14)19(27)31-4/h5-8,11,16,26H,1-4H3,(H,25,28). The van der Waals surface area contributed by atoms with Gasteiger partial charge in [0.05, 0.1) is 12.1 Å². The molecule has 0 aliphatic rings. The van der Waals surface area contributed by atoms with E-state index < -0.39 is 50.2 Å². The lowest BCUT2D eigenvalue weighted by molar-refractivity contribution is 0.0593. The second-order valence-corrected chi connectivity index (χ2v) is 9.28. The quantitative estimate of drug-likeness (QED) is 0.473. The number of H-pyrrole nitrogens is 1. The lowest BCUT2D eigenvalue weighted by Gasteiger charge is -2.24. The second kappa shape index (κ2) is 9.41. The number of nitrogens with one attached hydrogen (secondary N) is 2. The molecule has 0 spiro atoms. The zero-order chi connectivity index (χ0) is 24.5. The number of nitrogens with zero attached hydrogens (tertiary/aromatic N) is 2. The molecular weight excluding hydrogens is 479 g/mol. The Hall–Kier alpha value is -3.09. The van der Waals surface area contributed by atoms with Crippen LogP contribution in [0.25, 0.3) is 0 Å². The van der Waals surface area contributed by atoms with E-state index in [2.05, 4.69) is 24.6 Å². The first-order valence-corrected chi connectivity index (χ1v) is 11.4. The van der Waals surface area contributed by atoms with Crippen molar-refractivity contribution in [3.63, 3.8) is 0 Å². The number of halogens is 2. The molecule has 2 aromatic heterocycles. The smallest absolute Gasteiger partial charge is 0.434 e. The molecule has 2 N–H and O–H groups in total. The summed E-state index contributed by atoms with van der Waals surface area (Å²) in [5.41, 5.74) is 1.19. The lowest BCUT2D eigenvalue weighted by atomic mass is 9.88. The van der Waals surface area contributed by atoms with Crippen molar-refractivity contribution in [3.8, 4) is 0 Å². The highest BCUT2D eigenvalue weighted by molar-refractivity contribution is 7.89. The maximum absolute atomic E-state index is 14.8. The van der Waals surface area contributed by atoms with Crippen LogP contribution in [0, 0.1) is 19.7 Å². The summed E-state index contributed by atoms with van der Waals surface area (Å²) in [7, 11) is -3.34. The largest absolute Gasteiger partial charge is 0.464 e. The number of ether oxygens (including phenoxy) is 1. The number of hydrogen-bond acceptors (Lipinski definition) is 8. The van der Waals surface area contributed by atoms with E-state index in [0.29, 0.717) is 5.56 Å². The number of hydrogen-bond donors (Lipinski definition) is 2. The van der Waals surface area contributed by atoms with Crippen LogP contribution in [0.1, 0.15) is 52.0 Å². The van der Waals surface area contributed by atoms with Crippen molar-refractivity contribution < 1.29 is 26.8 Å². The molecule has 2 heterocycles. The van der Waals surface area contributed by atoms with Gasteiger partial charge in [-0.2, -0.15) is 4.72 Å². The zero-order valence-corrected chi connectivity index (χ0v) is 19.5. The first kappa shape index (κ1) is 24.6. The van der Waals surface area contributed by atoms with Gasteiger partial charge in [0.15, 0.2) is 10.7 Å². The van der Waals surface area contributed by atoms with Gasteiger partial charge in [0.25, 0.3) is 10.0 Å². The van der Waals surface area contributed by atoms with Gasteiger partial charge in [-0.25, -0.2) is 32.5 Å². The van der Waals surface area contributed by atoms with Gasteiger partial charge >= 0.3 is 11.7 Å². The summed E-state index contributed by atoms with van der Waals surface area (Å²) in [4.78, 5) is 27.2. The first-order valence-electron chi connectivity index (χ1n) is 9.54. The molecule has 2 unspecified atom stereocenters. The van der Waals surface area contributed by atoms with Crippen molar-refractivity contribution in [2.24, 2.45) is 0 Å². The van der Waals surface area contributed by atoms with Gasteiger partial charge in [-0.15, -0.1) is 5.10 Å². The number of carbonyl (C=O) groups excluding carboxylic acids is 1. The fraction of sp³-hybridized carbons (Fsp3) is 0.300. The third-order valence-electron chi connectivity index (χ3n) is 5.17. The first-order chi connectivity index (χ1) is 15.5. The van der Waals surface area contributed by atoms with Crippen molar-refractivity contribution in [1.29, 1.82) is 0 Å². The van der Waals surface area contributed by atoms with E-state index >= 15 is 0 Å². The number of aromatic amines is 1. The zero-order valence-electron chi connectivity index (χ0n) is 18.0. The van der Waals surface area contributed by atoms with Crippen molar-refractivity contribution in [2.45, 2.75) is 37.8 Å². The molecule has 2 atom stereocenters. The Morgan fingerprint density at radius 2 is 1.97 bits per heavy atom. The summed E-state index contributed by atoms with van der Waals surface area (Å²) in [6.07, 6.45) is 0. The molecule has 0 radical (unpaired) electrons. The molecular formula is C20H20ClFN4O6S. The van der Waals surface area contributed by atoms with Gasteiger partial charge in [-0.3, -0.25) is 0 Å². The Morgan fingerprint density at radius 3 is 2.58 bits per heavy atom. The highest BCUT2D eigenvalue weighted by Crippen LogP contribution is 2.35. The van der Waals surface area contributed by atoms with Crippen LogP contribution >= 0.6 is 11.6 Å². The third-order valence-corrected chi connectivity index (χ3v) is 6.81. The molecule has 10 nitrogen and oxygen atoms in total. The van der Waals surface area contributed by atoms with Crippen molar-refractivity contribution in [3.05, 3.63) is 73.9 Å². The number of sulfonamides is 1. The van der Waals surface area contributed by atoms with E-state index in [-0.39, 0.29) is 16.5 Å². The predicted octanol–water partition coefficient (Wildman–Crippen LogP) is 2.78. The van der Waals surface area contributed by atoms with Crippen LogP contribution in [0.4, 0.5) is 4.39 Å². The van der Waals surface area contributed by atoms with Gasteiger partial charge in [-0.1, -0.05) is 24.6 Å². The van der Waals surface area contributed by atoms with Gasteiger partial charge < -0.3 is 9.15 Å². The van der Waals surface area contributed by atoms with Crippen LogP contribution < -0.4 is 10.5 Å². The lowest BCUT2D eigenvalue weighted by Crippen LogP contribution is -2.33. The molecule has 0 aliphatic heterocycles. The molecule has 33 heavy (non-hydrogen) atoms. The maximum atomic E-state index is 14.8. The van der Waals surface area contributed by atoms with Crippen LogP contribution in [-0.4, -0.2) is 36.7 Å².